The number of nitrogens with zero attached hydrogens (tertiary/aromatic N) is 1. The monoisotopic (exact) mass is 309 g/mol. The summed E-state index contributed by atoms with van der Waals surface area (Å²) in [5, 5.41) is 14.3. The molecular weight excluding hydrogens is 292 g/mol. The number of fused-ring (bicyclic) bond motifs is 1. The number of aromatic carboxylic acids is 1. The molecule has 0 saturated heterocycles. The van der Waals surface area contributed by atoms with E-state index >= 15 is 0 Å². The van der Waals surface area contributed by atoms with Crippen molar-refractivity contribution in [2.45, 2.75) is 12.5 Å². The molecule has 5 nitrogen and oxygen atoms in total. The van der Waals surface area contributed by atoms with Gasteiger partial charge in [0.1, 0.15) is 0 Å². The van der Waals surface area contributed by atoms with Crippen LogP contribution in [0.25, 0.3) is 0 Å². The molecule has 0 spiro atoms. The summed E-state index contributed by atoms with van der Waals surface area (Å²) in [5.74, 6) is -1.52. The normalized spacial score (nSPS) is 15.9. The van der Waals surface area contributed by atoms with Crippen molar-refractivity contribution in [2.24, 2.45) is 0 Å². The Kier molecular flexibility index (Phi) is 3.78. The van der Waals surface area contributed by atoms with Gasteiger partial charge >= 0.3 is 0 Å². The van der Waals surface area contributed by atoms with E-state index in [2.05, 4.69) is 5.32 Å². The maximum Gasteiger partial charge on any atom is 0.188 e. The Balaban J connectivity index is 1.82. The first-order valence-corrected chi connectivity index (χ1v) is 7.38. The van der Waals surface area contributed by atoms with Gasteiger partial charge in [0.25, 0.3) is 0 Å². The number of anilines is 2. The van der Waals surface area contributed by atoms with Crippen molar-refractivity contribution in [2.75, 3.05) is 24.3 Å². The van der Waals surface area contributed by atoms with Gasteiger partial charge in [0.2, 0.25) is 0 Å². The van der Waals surface area contributed by atoms with E-state index in [1.54, 1.807) is 12.1 Å². The van der Waals surface area contributed by atoms with Crippen molar-refractivity contribution in [3.05, 3.63) is 59.2 Å². The highest BCUT2D eigenvalue weighted by molar-refractivity contribution is 6.16. The lowest BCUT2D eigenvalue weighted by atomic mass is 9.98. The Morgan fingerprint density at radius 3 is 2.48 bits per heavy atom. The molecule has 1 heterocycles. The predicted octanol–water partition coefficient (Wildman–Crippen LogP) is 1.34. The van der Waals surface area contributed by atoms with E-state index in [9.17, 15) is 14.7 Å². The highest BCUT2D eigenvalue weighted by atomic mass is 16.4. The zero-order valence-electron chi connectivity index (χ0n) is 13.0. The van der Waals surface area contributed by atoms with Gasteiger partial charge < -0.3 is 20.1 Å². The number of rotatable bonds is 4. The van der Waals surface area contributed by atoms with Crippen molar-refractivity contribution in [1.29, 1.82) is 0 Å². The molecule has 118 valence electrons. The van der Waals surface area contributed by atoms with Crippen LogP contribution in [0, 0.1) is 0 Å². The van der Waals surface area contributed by atoms with E-state index in [1.807, 2.05) is 43.3 Å². The molecular formula is C18H17N2O3-. The summed E-state index contributed by atoms with van der Waals surface area (Å²) < 4.78 is 0. The largest absolute Gasteiger partial charge is 0.545 e. The Morgan fingerprint density at radius 1 is 1.17 bits per heavy atom. The van der Waals surface area contributed by atoms with E-state index in [0.29, 0.717) is 12.1 Å². The van der Waals surface area contributed by atoms with Crippen LogP contribution in [0.4, 0.5) is 11.4 Å². The van der Waals surface area contributed by atoms with Gasteiger partial charge in [0.05, 0.1) is 17.6 Å². The van der Waals surface area contributed by atoms with Crippen LogP contribution in [-0.2, 0) is 6.42 Å². The molecule has 5 heteroatoms. The second-order valence-corrected chi connectivity index (χ2v) is 5.84. The summed E-state index contributed by atoms with van der Waals surface area (Å²) in [5.41, 5.74) is 2.84. The molecule has 0 fully saturated rings. The third-order valence-corrected chi connectivity index (χ3v) is 4.07. The highest BCUT2D eigenvalue weighted by Crippen LogP contribution is 2.30. The molecule has 0 aliphatic carbocycles. The molecule has 1 atom stereocenters. The lowest BCUT2D eigenvalue weighted by molar-refractivity contribution is -0.255. The first-order chi connectivity index (χ1) is 11.0. The summed E-state index contributed by atoms with van der Waals surface area (Å²) in [7, 11) is 3.93. The average molecular weight is 309 g/mol. The second kappa shape index (κ2) is 5.76. The number of carboxylic acids is 1. The van der Waals surface area contributed by atoms with Crippen LogP contribution in [0.1, 0.15) is 26.3 Å². The number of carbonyl (C=O) groups is 2. The molecule has 0 radical (unpaired) electrons. The lowest BCUT2D eigenvalue weighted by Crippen LogP contribution is -2.27. The topological polar surface area (TPSA) is 72.5 Å². The maximum atomic E-state index is 12.5. The maximum absolute atomic E-state index is 12.5. The van der Waals surface area contributed by atoms with Gasteiger partial charge in [-0.25, -0.2) is 0 Å². The molecule has 0 aromatic heterocycles. The molecule has 1 aliphatic heterocycles. The quantitative estimate of drug-likeness (QED) is 0.922. The van der Waals surface area contributed by atoms with Crippen molar-refractivity contribution < 1.29 is 14.7 Å². The number of Topliss-reactive ketones (excluding diaryl/α,β-unsaturated/α-hetero) is 1. The van der Waals surface area contributed by atoms with Crippen molar-refractivity contribution in [3.8, 4) is 0 Å². The van der Waals surface area contributed by atoms with Gasteiger partial charge in [0.15, 0.2) is 5.78 Å². The molecule has 23 heavy (non-hydrogen) atoms. The van der Waals surface area contributed by atoms with Crippen LogP contribution in [0.3, 0.4) is 0 Å². The first-order valence-electron chi connectivity index (χ1n) is 7.38. The van der Waals surface area contributed by atoms with E-state index in [-0.39, 0.29) is 16.9 Å². The summed E-state index contributed by atoms with van der Waals surface area (Å²) in [6.07, 6.45) is 0.508. The Bertz CT molecular complexity index is 766. The van der Waals surface area contributed by atoms with E-state index in [1.165, 1.54) is 6.07 Å². The van der Waals surface area contributed by atoms with Gasteiger partial charge in [-0.2, -0.15) is 0 Å². The van der Waals surface area contributed by atoms with Crippen LogP contribution >= 0.6 is 0 Å². The number of ketones is 1. The van der Waals surface area contributed by atoms with Crippen LogP contribution in [-0.4, -0.2) is 31.9 Å². The van der Waals surface area contributed by atoms with E-state index < -0.39 is 12.0 Å². The van der Waals surface area contributed by atoms with Crippen LogP contribution in [0.2, 0.25) is 0 Å². The minimum absolute atomic E-state index is 0.0505. The molecule has 2 aromatic carbocycles. The van der Waals surface area contributed by atoms with Gasteiger partial charge in [-0.3, -0.25) is 4.79 Å². The van der Waals surface area contributed by atoms with Crippen LogP contribution < -0.4 is 15.3 Å². The summed E-state index contributed by atoms with van der Waals surface area (Å²) in [6.45, 7) is 0. The smallest absolute Gasteiger partial charge is 0.188 e. The van der Waals surface area contributed by atoms with Gasteiger partial charge in [-0.15, -0.1) is 0 Å². The third-order valence-electron chi connectivity index (χ3n) is 4.07. The molecule has 2 aromatic rings. The van der Waals surface area contributed by atoms with Crippen LogP contribution in [0.5, 0.6) is 0 Å². The summed E-state index contributed by atoms with van der Waals surface area (Å²) >= 11 is 0. The lowest BCUT2D eigenvalue weighted by Gasteiger charge is -2.14. The average Bonchev–Trinajstić information content (AvgIpc) is 2.84. The molecule has 0 amide bonds. The fraction of sp³-hybridized carbons (Fsp3) is 0.222. The third kappa shape index (κ3) is 2.77. The first kappa shape index (κ1) is 15.1. The molecule has 0 unspecified atom stereocenters. The van der Waals surface area contributed by atoms with Crippen molar-refractivity contribution >= 4 is 23.1 Å². The Labute approximate surface area is 134 Å². The van der Waals surface area contributed by atoms with Crippen LogP contribution in [0.15, 0.2) is 42.5 Å². The minimum Gasteiger partial charge on any atom is -0.545 e. The number of hydrogen-bond donors (Lipinski definition) is 1. The standard InChI is InChI=1S/C18H18N2O3/c1-20(2)12-8-6-11(7-9-12)10-15-17(21)16-13(18(22)23)4-3-5-14(16)19-15/h3-9,15,19H,10H2,1-2H3,(H,22,23)/p-1/t15-/m0/s1. The fourth-order valence-corrected chi connectivity index (χ4v) is 2.85. The molecule has 1 N–H and O–H groups in total. The van der Waals surface area contributed by atoms with Crippen molar-refractivity contribution in [3.63, 3.8) is 0 Å². The number of nitrogens with one attached hydrogen (secondary N) is 1. The molecule has 0 bridgehead atoms. The predicted molar refractivity (Wildman–Crippen MR) is 87.0 cm³/mol. The second-order valence-electron chi connectivity index (χ2n) is 5.84. The van der Waals surface area contributed by atoms with E-state index in [0.717, 1.165) is 11.3 Å². The number of benzene rings is 2. The molecule has 1 aliphatic rings. The van der Waals surface area contributed by atoms with Gasteiger partial charge in [-0.05, 0) is 23.8 Å². The zero-order chi connectivity index (χ0) is 16.6. The van der Waals surface area contributed by atoms with Gasteiger partial charge in [0, 0.05) is 37.5 Å². The molecule has 3 rings (SSSR count). The summed E-state index contributed by atoms with van der Waals surface area (Å²) in [4.78, 5) is 25.7. The molecule has 0 saturated carbocycles. The summed E-state index contributed by atoms with van der Waals surface area (Å²) in [6, 6.07) is 12.2. The number of hydrogen-bond acceptors (Lipinski definition) is 5. The SMILES string of the molecule is CN(C)c1ccc(C[C@@H]2Nc3cccc(C(=O)[O-])c3C2=O)cc1. The Morgan fingerprint density at radius 2 is 1.87 bits per heavy atom. The minimum atomic E-state index is -1.33. The number of carbonyl (C=O) groups excluding carboxylic acids is 2. The fourth-order valence-electron chi connectivity index (χ4n) is 2.85. The van der Waals surface area contributed by atoms with Crippen molar-refractivity contribution in [1.82, 2.24) is 0 Å². The highest BCUT2D eigenvalue weighted by Gasteiger charge is 2.32. The Hall–Kier alpha value is -2.82. The van der Waals surface area contributed by atoms with E-state index in [4.69, 9.17) is 0 Å². The zero-order valence-corrected chi connectivity index (χ0v) is 13.0. The number of carboxylic acid groups (broad SMARTS) is 1. The van der Waals surface area contributed by atoms with Gasteiger partial charge in [-0.1, -0.05) is 24.3 Å².